The molecule has 0 saturated heterocycles. The molecule has 0 aromatic heterocycles. The summed E-state index contributed by atoms with van der Waals surface area (Å²) in [6.07, 6.45) is 0. The summed E-state index contributed by atoms with van der Waals surface area (Å²) in [5.74, 6) is 1.09. The molecule has 2 aromatic carbocycles. The molecule has 0 aliphatic rings. The summed E-state index contributed by atoms with van der Waals surface area (Å²) in [7, 11) is 3.21. The van der Waals surface area contributed by atoms with E-state index in [1.807, 2.05) is 25.1 Å². The molecule has 23 heavy (non-hydrogen) atoms. The third kappa shape index (κ3) is 4.32. The first-order valence-electron chi connectivity index (χ1n) is 7.09. The summed E-state index contributed by atoms with van der Waals surface area (Å²) in [5, 5.41) is 6.29. The maximum absolute atomic E-state index is 13.6. The molecule has 0 aliphatic heterocycles. The number of para-hydroxylation sites is 1. The van der Waals surface area contributed by atoms with Crippen molar-refractivity contribution in [2.75, 3.05) is 19.5 Å². The third-order valence-corrected chi connectivity index (χ3v) is 3.59. The summed E-state index contributed by atoms with van der Waals surface area (Å²) in [5.41, 5.74) is 1.22. The second kappa shape index (κ2) is 7.78. The topological polar surface area (TPSA) is 42.5 Å². The van der Waals surface area contributed by atoms with Gasteiger partial charge in [0.15, 0.2) is 5.11 Å². The quantitative estimate of drug-likeness (QED) is 0.812. The van der Waals surface area contributed by atoms with Crippen molar-refractivity contribution in [3.8, 4) is 11.5 Å². The molecule has 2 aromatic rings. The highest BCUT2D eigenvalue weighted by atomic mass is 32.1. The maximum atomic E-state index is 13.6. The highest BCUT2D eigenvalue weighted by Crippen LogP contribution is 2.29. The standard InChI is InChI=1S/C17H19FN2O2S/c1-11(13-10-12(21-2)8-9-16(13)22-3)19-17(23)20-15-7-5-4-6-14(15)18/h4-11H,1-3H3,(H2,19,20,23)/t11-/m0/s1. The largest absolute Gasteiger partial charge is 0.497 e. The minimum Gasteiger partial charge on any atom is -0.497 e. The molecule has 6 heteroatoms. The molecule has 2 rings (SSSR count). The summed E-state index contributed by atoms with van der Waals surface area (Å²) >= 11 is 5.25. The summed E-state index contributed by atoms with van der Waals surface area (Å²) in [4.78, 5) is 0. The second-order valence-electron chi connectivity index (χ2n) is 4.91. The molecule has 0 spiro atoms. The molecule has 0 radical (unpaired) electrons. The minimum atomic E-state index is -0.358. The molecular weight excluding hydrogens is 315 g/mol. The predicted molar refractivity (Wildman–Crippen MR) is 93.7 cm³/mol. The van der Waals surface area contributed by atoms with E-state index in [1.54, 1.807) is 32.4 Å². The Hall–Kier alpha value is -2.34. The molecule has 0 aliphatic carbocycles. The molecule has 0 bridgehead atoms. The zero-order valence-corrected chi connectivity index (χ0v) is 14.0. The first kappa shape index (κ1) is 17.0. The van der Waals surface area contributed by atoms with Crippen LogP contribution in [0.4, 0.5) is 10.1 Å². The molecule has 0 heterocycles. The SMILES string of the molecule is COc1ccc(OC)c([C@H](C)NC(=S)Nc2ccccc2F)c1. The first-order chi connectivity index (χ1) is 11.0. The summed E-state index contributed by atoms with van der Waals surface area (Å²) in [6.45, 7) is 1.94. The lowest BCUT2D eigenvalue weighted by atomic mass is 10.1. The van der Waals surface area contributed by atoms with Gasteiger partial charge in [0.05, 0.1) is 25.9 Å². The van der Waals surface area contributed by atoms with Gasteiger partial charge in [-0.25, -0.2) is 4.39 Å². The average molecular weight is 334 g/mol. The zero-order valence-electron chi connectivity index (χ0n) is 13.2. The van der Waals surface area contributed by atoms with Gasteiger partial charge >= 0.3 is 0 Å². The molecule has 2 N–H and O–H groups in total. The first-order valence-corrected chi connectivity index (χ1v) is 7.50. The summed E-state index contributed by atoms with van der Waals surface area (Å²) < 4.78 is 24.2. The number of thiocarbonyl (C=S) groups is 1. The normalized spacial score (nSPS) is 11.5. The zero-order chi connectivity index (χ0) is 16.8. The lowest BCUT2D eigenvalue weighted by Gasteiger charge is -2.20. The van der Waals surface area contributed by atoms with Gasteiger partial charge in [0.25, 0.3) is 0 Å². The van der Waals surface area contributed by atoms with E-state index >= 15 is 0 Å². The highest BCUT2D eigenvalue weighted by molar-refractivity contribution is 7.80. The van der Waals surface area contributed by atoms with Crippen molar-refractivity contribution in [1.82, 2.24) is 5.32 Å². The van der Waals surface area contributed by atoms with E-state index in [0.717, 1.165) is 17.1 Å². The molecule has 0 unspecified atom stereocenters. The van der Waals surface area contributed by atoms with Gasteiger partial charge in [0.2, 0.25) is 0 Å². The second-order valence-corrected chi connectivity index (χ2v) is 5.32. The number of hydrogen-bond donors (Lipinski definition) is 2. The van der Waals surface area contributed by atoms with E-state index in [9.17, 15) is 4.39 Å². The van der Waals surface area contributed by atoms with Crippen LogP contribution in [-0.2, 0) is 0 Å². The van der Waals surface area contributed by atoms with Gasteiger partial charge in [-0.15, -0.1) is 0 Å². The lowest BCUT2D eigenvalue weighted by Crippen LogP contribution is -2.31. The van der Waals surface area contributed by atoms with Crippen LogP contribution in [0.3, 0.4) is 0 Å². The van der Waals surface area contributed by atoms with Gasteiger partial charge in [-0.1, -0.05) is 12.1 Å². The van der Waals surface area contributed by atoms with Crippen molar-refractivity contribution in [2.24, 2.45) is 0 Å². The van der Waals surface area contributed by atoms with Gasteiger partial charge in [-0.3, -0.25) is 0 Å². The van der Waals surface area contributed by atoms with Gasteiger partial charge in [0.1, 0.15) is 17.3 Å². The average Bonchev–Trinajstić information content (AvgIpc) is 2.56. The maximum Gasteiger partial charge on any atom is 0.171 e. The van der Waals surface area contributed by atoms with Gasteiger partial charge in [-0.05, 0) is 49.5 Å². The Balaban J connectivity index is 2.10. The number of methoxy groups -OCH3 is 2. The molecule has 0 amide bonds. The van der Waals surface area contributed by atoms with Crippen molar-refractivity contribution in [1.29, 1.82) is 0 Å². The van der Waals surface area contributed by atoms with Crippen LogP contribution in [0.5, 0.6) is 11.5 Å². The number of halogens is 1. The van der Waals surface area contributed by atoms with E-state index < -0.39 is 0 Å². The monoisotopic (exact) mass is 334 g/mol. The van der Waals surface area contributed by atoms with E-state index in [1.165, 1.54) is 6.07 Å². The Kier molecular flexibility index (Phi) is 5.76. The van der Waals surface area contributed by atoms with Crippen LogP contribution < -0.4 is 20.1 Å². The number of rotatable bonds is 5. The van der Waals surface area contributed by atoms with Crippen LogP contribution in [-0.4, -0.2) is 19.3 Å². The van der Waals surface area contributed by atoms with Crippen molar-refractivity contribution in [2.45, 2.75) is 13.0 Å². The Morgan fingerprint density at radius 3 is 2.52 bits per heavy atom. The van der Waals surface area contributed by atoms with Crippen LogP contribution in [0.2, 0.25) is 0 Å². The Morgan fingerprint density at radius 1 is 1.13 bits per heavy atom. The van der Waals surface area contributed by atoms with Crippen LogP contribution >= 0.6 is 12.2 Å². The van der Waals surface area contributed by atoms with E-state index in [2.05, 4.69) is 10.6 Å². The van der Waals surface area contributed by atoms with E-state index in [0.29, 0.717) is 10.8 Å². The van der Waals surface area contributed by atoms with E-state index in [-0.39, 0.29) is 11.9 Å². The molecule has 122 valence electrons. The minimum absolute atomic E-state index is 0.146. The van der Waals surface area contributed by atoms with Crippen LogP contribution in [0, 0.1) is 5.82 Å². The Morgan fingerprint density at radius 2 is 1.87 bits per heavy atom. The van der Waals surface area contributed by atoms with Crippen molar-refractivity contribution in [3.05, 3.63) is 53.8 Å². The summed E-state index contributed by atoms with van der Waals surface area (Å²) in [6, 6.07) is 11.8. The number of hydrogen-bond acceptors (Lipinski definition) is 3. The van der Waals surface area contributed by atoms with Crippen LogP contribution in [0.25, 0.3) is 0 Å². The van der Waals surface area contributed by atoms with Crippen molar-refractivity contribution < 1.29 is 13.9 Å². The van der Waals surface area contributed by atoms with E-state index in [4.69, 9.17) is 21.7 Å². The van der Waals surface area contributed by atoms with Crippen molar-refractivity contribution >= 4 is 23.0 Å². The molecule has 1 atom stereocenters. The fourth-order valence-electron chi connectivity index (χ4n) is 2.17. The fourth-order valence-corrected chi connectivity index (χ4v) is 2.46. The predicted octanol–water partition coefficient (Wildman–Crippen LogP) is 3.89. The molecule has 0 saturated carbocycles. The Bertz CT molecular complexity index is 694. The van der Waals surface area contributed by atoms with Gasteiger partial charge in [0, 0.05) is 5.56 Å². The highest BCUT2D eigenvalue weighted by Gasteiger charge is 2.14. The molecular formula is C17H19FN2O2S. The Labute approximate surface area is 140 Å². The number of nitrogens with one attached hydrogen (secondary N) is 2. The molecule has 4 nitrogen and oxygen atoms in total. The van der Waals surface area contributed by atoms with Crippen molar-refractivity contribution in [3.63, 3.8) is 0 Å². The molecule has 0 fully saturated rings. The van der Waals surface area contributed by atoms with Gasteiger partial charge < -0.3 is 20.1 Å². The smallest absolute Gasteiger partial charge is 0.171 e. The number of benzene rings is 2. The lowest BCUT2D eigenvalue weighted by molar-refractivity contribution is 0.395. The van der Waals surface area contributed by atoms with Crippen LogP contribution in [0.1, 0.15) is 18.5 Å². The van der Waals surface area contributed by atoms with Crippen LogP contribution in [0.15, 0.2) is 42.5 Å². The third-order valence-electron chi connectivity index (χ3n) is 3.37. The fraction of sp³-hybridized carbons (Fsp3) is 0.235. The number of anilines is 1. The number of ether oxygens (including phenoxy) is 2. The van der Waals surface area contributed by atoms with Gasteiger partial charge in [-0.2, -0.15) is 0 Å².